The first-order chi connectivity index (χ1) is 11.2. The molecule has 0 atom stereocenters. The van der Waals surface area contributed by atoms with Crippen molar-refractivity contribution < 1.29 is 14.6 Å². The standard InChI is InChI=1S/C16H19N3O3S/c1-22-15(21)12-2-4-14(5-3-12)18-6-8-19(9-7-18)16-17-13(10-20)11-23-16/h2-5,11,20H,6-10H2,1H3. The lowest BCUT2D eigenvalue weighted by atomic mass is 10.2. The fourth-order valence-electron chi connectivity index (χ4n) is 2.60. The molecule has 2 heterocycles. The monoisotopic (exact) mass is 333 g/mol. The third kappa shape index (κ3) is 3.46. The Labute approximate surface area is 138 Å². The number of hydrogen-bond donors (Lipinski definition) is 1. The van der Waals surface area contributed by atoms with Crippen LogP contribution in [-0.2, 0) is 11.3 Å². The SMILES string of the molecule is COC(=O)c1ccc(N2CCN(c3nc(CO)cs3)CC2)cc1. The molecule has 1 fully saturated rings. The van der Waals surface area contributed by atoms with E-state index >= 15 is 0 Å². The minimum absolute atomic E-state index is 0.0109. The molecule has 1 aliphatic rings. The van der Waals surface area contributed by atoms with Gasteiger partial charge in [0.05, 0.1) is 25.0 Å². The van der Waals surface area contributed by atoms with E-state index in [1.807, 2.05) is 17.5 Å². The number of nitrogens with zero attached hydrogens (tertiary/aromatic N) is 3. The van der Waals surface area contributed by atoms with Crippen molar-refractivity contribution >= 4 is 28.1 Å². The maximum Gasteiger partial charge on any atom is 0.337 e. The predicted octanol–water partition coefficient (Wildman–Crippen LogP) is 1.75. The number of thiazole rings is 1. The number of hydrogen-bond acceptors (Lipinski definition) is 7. The van der Waals surface area contributed by atoms with E-state index in [1.165, 1.54) is 7.11 Å². The number of anilines is 2. The van der Waals surface area contributed by atoms with Crippen LogP contribution in [0.3, 0.4) is 0 Å². The number of ether oxygens (including phenoxy) is 1. The molecule has 1 aliphatic heterocycles. The highest BCUT2D eigenvalue weighted by Gasteiger charge is 2.20. The molecule has 2 aromatic rings. The van der Waals surface area contributed by atoms with Crippen molar-refractivity contribution in [2.45, 2.75) is 6.61 Å². The Kier molecular flexibility index (Phi) is 4.78. The number of aromatic nitrogens is 1. The van der Waals surface area contributed by atoms with E-state index < -0.39 is 0 Å². The van der Waals surface area contributed by atoms with Gasteiger partial charge in [-0.25, -0.2) is 9.78 Å². The van der Waals surface area contributed by atoms with Crippen molar-refractivity contribution in [2.24, 2.45) is 0 Å². The molecule has 122 valence electrons. The summed E-state index contributed by atoms with van der Waals surface area (Å²) in [7, 11) is 1.39. The zero-order valence-corrected chi connectivity index (χ0v) is 13.8. The molecule has 0 aliphatic carbocycles. The Bertz CT molecular complexity index is 663. The Hall–Kier alpha value is -2.12. The normalized spacial score (nSPS) is 14.9. The van der Waals surface area contributed by atoms with Crippen molar-refractivity contribution in [1.29, 1.82) is 0 Å². The van der Waals surface area contributed by atoms with Gasteiger partial charge in [0.25, 0.3) is 0 Å². The molecule has 7 heteroatoms. The summed E-state index contributed by atoms with van der Waals surface area (Å²) >= 11 is 1.57. The van der Waals surface area contributed by atoms with Crippen LogP contribution in [0.2, 0.25) is 0 Å². The van der Waals surface area contributed by atoms with Crippen LogP contribution in [0.1, 0.15) is 16.1 Å². The molecule has 0 bridgehead atoms. The van der Waals surface area contributed by atoms with Gasteiger partial charge in [-0.05, 0) is 24.3 Å². The molecular formula is C16H19N3O3S. The van der Waals surface area contributed by atoms with Crippen LogP contribution in [0.15, 0.2) is 29.6 Å². The van der Waals surface area contributed by atoms with Crippen molar-refractivity contribution in [3.63, 3.8) is 0 Å². The maximum absolute atomic E-state index is 11.5. The highest BCUT2D eigenvalue weighted by atomic mass is 32.1. The predicted molar refractivity (Wildman–Crippen MR) is 90.2 cm³/mol. The molecule has 0 spiro atoms. The number of aliphatic hydroxyl groups excluding tert-OH is 1. The van der Waals surface area contributed by atoms with E-state index in [0.717, 1.165) is 42.7 Å². The van der Waals surface area contributed by atoms with Crippen LogP contribution in [-0.4, -0.2) is 49.3 Å². The summed E-state index contributed by atoms with van der Waals surface area (Å²) in [5.41, 5.74) is 2.40. The van der Waals surface area contributed by atoms with Gasteiger partial charge < -0.3 is 19.6 Å². The topological polar surface area (TPSA) is 65.9 Å². The van der Waals surface area contributed by atoms with Gasteiger partial charge in [0.1, 0.15) is 0 Å². The number of piperazine rings is 1. The first-order valence-electron chi connectivity index (χ1n) is 7.45. The van der Waals surface area contributed by atoms with Gasteiger partial charge in [-0.3, -0.25) is 0 Å². The lowest BCUT2D eigenvalue weighted by Gasteiger charge is -2.36. The minimum Gasteiger partial charge on any atom is -0.465 e. The fraction of sp³-hybridized carbons (Fsp3) is 0.375. The molecule has 6 nitrogen and oxygen atoms in total. The Balaban J connectivity index is 1.61. The summed E-state index contributed by atoms with van der Waals surface area (Å²) in [6.45, 7) is 3.55. The first-order valence-corrected chi connectivity index (χ1v) is 8.33. The van der Waals surface area contributed by atoms with Crippen LogP contribution in [0.4, 0.5) is 10.8 Å². The van der Waals surface area contributed by atoms with E-state index in [-0.39, 0.29) is 12.6 Å². The molecule has 1 aromatic heterocycles. The van der Waals surface area contributed by atoms with Gasteiger partial charge in [0.15, 0.2) is 5.13 Å². The van der Waals surface area contributed by atoms with E-state index in [9.17, 15) is 4.79 Å². The van der Waals surface area contributed by atoms with E-state index in [1.54, 1.807) is 23.5 Å². The third-order valence-electron chi connectivity index (χ3n) is 3.91. The number of rotatable bonds is 4. The second kappa shape index (κ2) is 6.97. The molecule has 0 radical (unpaired) electrons. The van der Waals surface area contributed by atoms with Crippen molar-refractivity contribution in [2.75, 3.05) is 43.1 Å². The number of benzene rings is 1. The van der Waals surface area contributed by atoms with E-state index in [2.05, 4.69) is 14.8 Å². The van der Waals surface area contributed by atoms with Crippen molar-refractivity contribution in [1.82, 2.24) is 4.98 Å². The van der Waals surface area contributed by atoms with E-state index in [0.29, 0.717) is 5.56 Å². The van der Waals surface area contributed by atoms with Gasteiger partial charge in [-0.2, -0.15) is 0 Å². The molecular weight excluding hydrogens is 314 g/mol. The van der Waals surface area contributed by atoms with Crippen LogP contribution < -0.4 is 9.80 Å². The van der Waals surface area contributed by atoms with Crippen molar-refractivity contribution in [3.05, 3.63) is 40.9 Å². The van der Waals surface area contributed by atoms with Crippen LogP contribution >= 0.6 is 11.3 Å². The second-order valence-corrected chi connectivity index (χ2v) is 6.13. The number of methoxy groups -OCH3 is 1. The number of carbonyl (C=O) groups excluding carboxylic acids is 1. The Morgan fingerprint density at radius 2 is 1.87 bits per heavy atom. The van der Waals surface area contributed by atoms with Gasteiger partial charge in [-0.1, -0.05) is 0 Å². The van der Waals surface area contributed by atoms with Crippen LogP contribution in [0.5, 0.6) is 0 Å². The van der Waals surface area contributed by atoms with Gasteiger partial charge >= 0.3 is 5.97 Å². The third-order valence-corrected chi connectivity index (χ3v) is 4.86. The summed E-state index contributed by atoms with van der Waals surface area (Å²) in [4.78, 5) is 20.4. The lowest BCUT2D eigenvalue weighted by Crippen LogP contribution is -2.46. The largest absolute Gasteiger partial charge is 0.465 e. The molecule has 3 rings (SSSR count). The van der Waals surface area contributed by atoms with Crippen LogP contribution in [0, 0.1) is 0 Å². The van der Waals surface area contributed by atoms with Crippen molar-refractivity contribution in [3.8, 4) is 0 Å². The van der Waals surface area contributed by atoms with Gasteiger partial charge in [0, 0.05) is 37.2 Å². The summed E-state index contributed by atoms with van der Waals surface area (Å²) in [5.74, 6) is -0.315. The summed E-state index contributed by atoms with van der Waals surface area (Å²) < 4.78 is 4.71. The first kappa shape index (κ1) is 15.8. The fourth-order valence-corrected chi connectivity index (χ4v) is 3.47. The molecule has 1 saturated heterocycles. The quantitative estimate of drug-likeness (QED) is 0.860. The van der Waals surface area contributed by atoms with Gasteiger partial charge in [0.2, 0.25) is 0 Å². The highest BCUT2D eigenvalue weighted by Crippen LogP contribution is 2.24. The minimum atomic E-state index is -0.315. The Morgan fingerprint density at radius 1 is 1.22 bits per heavy atom. The number of esters is 1. The molecule has 23 heavy (non-hydrogen) atoms. The molecule has 0 unspecified atom stereocenters. The molecule has 0 amide bonds. The zero-order chi connectivity index (χ0) is 16.2. The number of aliphatic hydroxyl groups is 1. The zero-order valence-electron chi connectivity index (χ0n) is 12.9. The average Bonchev–Trinajstić information content (AvgIpc) is 3.10. The maximum atomic E-state index is 11.5. The van der Waals surface area contributed by atoms with Gasteiger partial charge in [-0.15, -0.1) is 11.3 Å². The number of carbonyl (C=O) groups is 1. The summed E-state index contributed by atoms with van der Waals surface area (Å²) in [6, 6.07) is 7.49. The summed E-state index contributed by atoms with van der Waals surface area (Å²) in [6.07, 6.45) is 0. The average molecular weight is 333 g/mol. The molecule has 0 saturated carbocycles. The molecule has 1 N–H and O–H groups in total. The van der Waals surface area contributed by atoms with E-state index in [4.69, 9.17) is 9.84 Å². The smallest absolute Gasteiger partial charge is 0.337 e. The molecule has 1 aromatic carbocycles. The Morgan fingerprint density at radius 3 is 2.43 bits per heavy atom. The second-order valence-electron chi connectivity index (χ2n) is 5.29. The highest BCUT2D eigenvalue weighted by molar-refractivity contribution is 7.13. The lowest BCUT2D eigenvalue weighted by molar-refractivity contribution is 0.0601. The summed E-state index contributed by atoms with van der Waals surface area (Å²) in [5, 5.41) is 12.0. The van der Waals surface area contributed by atoms with Crippen LogP contribution in [0.25, 0.3) is 0 Å².